The van der Waals surface area contributed by atoms with Crippen LogP contribution in [0.5, 0.6) is 0 Å². The molecular formula is C18H42BiO6P3Se6. The molecule has 0 fully saturated rings. The minimum Gasteiger partial charge on any atom is 3.00 e. The SMILES string of the molecule is CC(C)O[P+]([Se-])([Se-])OC(C)C.CC(C)O[P+]([Se-])([Se-])OC(C)C.CC(C)O[P+]([Se-])([Se-])OC(C)C.[Bi+3]. The third-order valence-corrected chi connectivity index (χ3v) is 12.6. The van der Waals surface area contributed by atoms with E-state index in [1.165, 1.54) is 0 Å². The minimum atomic E-state index is -1.80. The van der Waals surface area contributed by atoms with Gasteiger partial charge < -0.3 is 0 Å². The van der Waals surface area contributed by atoms with E-state index in [-0.39, 0.29) is 62.8 Å². The van der Waals surface area contributed by atoms with Gasteiger partial charge >= 0.3 is 282 Å². The Kier molecular flexibility index (Phi) is 31.9. The summed E-state index contributed by atoms with van der Waals surface area (Å²) in [7, 11) is 0. The van der Waals surface area contributed by atoms with E-state index >= 15 is 0 Å². The normalized spacial score (nSPS) is 12.7. The third kappa shape index (κ3) is 39.2. The van der Waals surface area contributed by atoms with E-state index in [2.05, 4.69) is 93.4 Å². The molecule has 2 radical (unpaired) electrons. The summed E-state index contributed by atoms with van der Waals surface area (Å²) in [5.41, 5.74) is 0. The van der Waals surface area contributed by atoms with Crippen molar-refractivity contribution < 1.29 is 27.1 Å². The molecule has 34 heavy (non-hydrogen) atoms. The van der Waals surface area contributed by atoms with Gasteiger partial charge in [0.05, 0.1) is 0 Å². The molecule has 0 aliphatic rings. The molecule has 0 saturated heterocycles. The van der Waals surface area contributed by atoms with Crippen LogP contribution in [0.25, 0.3) is 0 Å². The number of hydrogen-bond donors (Lipinski definition) is 0. The van der Waals surface area contributed by atoms with Gasteiger partial charge in [0.1, 0.15) is 0 Å². The fourth-order valence-electron chi connectivity index (χ4n) is 1.62. The molecule has 0 N–H and O–H groups in total. The first-order valence-corrected chi connectivity index (χ1v) is 28.7. The van der Waals surface area contributed by atoms with Crippen LogP contribution in [0.2, 0.25) is 0 Å². The summed E-state index contributed by atoms with van der Waals surface area (Å²) in [5, 5.41) is -5.41. The average Bonchev–Trinajstić information content (AvgIpc) is 2.38. The van der Waals surface area contributed by atoms with Crippen molar-refractivity contribution in [2.45, 2.75) is 120 Å². The molecule has 0 atom stereocenters. The Balaban J connectivity index is -0.000000196. The Morgan fingerprint density at radius 3 is 0.471 bits per heavy atom. The molecule has 0 aliphatic carbocycles. The molecule has 0 rings (SSSR count). The Hall–Kier alpha value is 5.05. The molecular weight excluding hydrogens is 1090 g/mol. The summed E-state index contributed by atoms with van der Waals surface area (Å²) in [6.45, 7) is 23.9. The maximum atomic E-state index is 5.53. The second kappa shape index (κ2) is 23.6. The summed E-state index contributed by atoms with van der Waals surface area (Å²) in [5.74, 6) is 0. The van der Waals surface area contributed by atoms with Crippen LogP contribution in [0.4, 0.5) is 0 Å². The maximum Gasteiger partial charge on any atom is 3.00 e. The van der Waals surface area contributed by atoms with Gasteiger partial charge in [-0.25, -0.2) is 0 Å². The Bertz CT molecular complexity index is 389. The van der Waals surface area contributed by atoms with Crippen molar-refractivity contribution in [3.63, 3.8) is 0 Å². The van der Waals surface area contributed by atoms with Crippen molar-refractivity contribution in [1.82, 2.24) is 0 Å². The van der Waals surface area contributed by atoms with Crippen LogP contribution in [0.15, 0.2) is 0 Å². The molecule has 206 valence electrons. The van der Waals surface area contributed by atoms with Crippen molar-refractivity contribution in [2.75, 3.05) is 0 Å². The van der Waals surface area contributed by atoms with Gasteiger partial charge in [0.25, 0.3) is 0 Å². The van der Waals surface area contributed by atoms with Crippen LogP contribution in [0, 0.1) is 0 Å². The molecule has 0 bridgehead atoms. The van der Waals surface area contributed by atoms with E-state index < -0.39 is 15.3 Å². The average molecular weight is 1130 g/mol. The second-order valence-electron chi connectivity index (χ2n) is 8.27. The van der Waals surface area contributed by atoms with Crippen LogP contribution < -0.4 is 0 Å². The quantitative estimate of drug-likeness (QED) is 0.199. The molecule has 0 unspecified atom stereocenters. The van der Waals surface area contributed by atoms with Crippen molar-refractivity contribution in [1.29, 1.82) is 0 Å². The topological polar surface area (TPSA) is 55.4 Å². The van der Waals surface area contributed by atoms with E-state index in [4.69, 9.17) is 27.1 Å². The summed E-state index contributed by atoms with van der Waals surface area (Å²) >= 11 is 17.6. The zero-order valence-corrected chi connectivity index (χ0v) is 38.6. The maximum absolute atomic E-state index is 5.53. The molecule has 6 nitrogen and oxygen atoms in total. The van der Waals surface area contributed by atoms with Gasteiger partial charge in [0.15, 0.2) is 0 Å². The summed E-state index contributed by atoms with van der Waals surface area (Å²) in [6, 6.07) is 0. The van der Waals surface area contributed by atoms with Gasteiger partial charge in [-0.1, -0.05) is 0 Å². The predicted molar refractivity (Wildman–Crippen MR) is 158 cm³/mol. The number of hydrogen-bond acceptors (Lipinski definition) is 6. The fraction of sp³-hybridized carbons (Fsp3) is 1.00. The van der Waals surface area contributed by atoms with Crippen LogP contribution >= 0.6 is 15.3 Å². The van der Waals surface area contributed by atoms with E-state index in [0.717, 1.165) is 0 Å². The van der Waals surface area contributed by atoms with Crippen molar-refractivity contribution >= 4 is 135 Å². The molecule has 16 heteroatoms. The van der Waals surface area contributed by atoms with Gasteiger partial charge in [-0.2, -0.15) is 0 Å². The zero-order chi connectivity index (χ0) is 27.2. The van der Waals surface area contributed by atoms with E-state index in [1.807, 2.05) is 83.1 Å². The minimum absolute atomic E-state index is 0. The molecule has 0 spiro atoms. The van der Waals surface area contributed by atoms with Crippen LogP contribution in [-0.4, -0.2) is 156 Å². The smallest absolute Gasteiger partial charge is 3.00 e. The Labute approximate surface area is 278 Å². The molecule has 0 heterocycles. The Morgan fingerprint density at radius 1 is 0.324 bits per heavy atom. The van der Waals surface area contributed by atoms with Gasteiger partial charge in [-0.3, -0.25) is 0 Å². The van der Waals surface area contributed by atoms with E-state index in [9.17, 15) is 0 Å². The predicted octanol–water partition coefficient (Wildman–Crippen LogP) is 5.17. The molecule has 0 aliphatic heterocycles. The zero-order valence-electron chi connectivity index (χ0n) is 22.2. The Morgan fingerprint density at radius 2 is 0.412 bits per heavy atom. The van der Waals surface area contributed by atoms with Crippen LogP contribution in [-0.2, 0) is 27.1 Å². The van der Waals surface area contributed by atoms with Gasteiger partial charge in [-0.15, -0.1) is 0 Å². The summed E-state index contributed by atoms with van der Waals surface area (Å²) in [4.78, 5) is 0. The van der Waals surface area contributed by atoms with Crippen molar-refractivity contribution in [2.24, 2.45) is 0 Å². The first-order chi connectivity index (χ1) is 14.5. The van der Waals surface area contributed by atoms with Crippen LogP contribution in [0.3, 0.4) is 0 Å². The molecule has 0 amide bonds. The van der Waals surface area contributed by atoms with Gasteiger partial charge in [0.2, 0.25) is 0 Å². The number of rotatable bonds is 12. The molecule has 0 saturated carbocycles. The third-order valence-electron chi connectivity index (χ3n) is 2.04. The molecule has 0 aromatic carbocycles. The largest absolute Gasteiger partial charge is 3.00 e. The molecule has 0 aromatic rings. The van der Waals surface area contributed by atoms with Gasteiger partial charge in [-0.05, 0) is 0 Å². The second-order valence-corrected chi connectivity index (χ2v) is 40.9. The summed E-state index contributed by atoms with van der Waals surface area (Å²) in [6.07, 6.45) is 1.19. The monoisotopic (exact) mass is 1140 g/mol. The fourth-order valence-corrected chi connectivity index (χ4v) is 17.9. The first-order valence-electron chi connectivity index (χ1n) is 10.5. The first kappa shape index (κ1) is 46.0. The van der Waals surface area contributed by atoms with Crippen molar-refractivity contribution in [3.8, 4) is 0 Å². The standard InChI is InChI=1S/3C6H15O2PSe2.Bi/c3*1-5(2)7-9(10,11)8-6(3)4;/h3*5-6H,1-4H3,(H,10,11);/q;;;+3/p-3. The molecule has 0 aromatic heterocycles. The van der Waals surface area contributed by atoms with Crippen molar-refractivity contribution in [3.05, 3.63) is 0 Å². The van der Waals surface area contributed by atoms with E-state index in [1.54, 1.807) is 0 Å². The van der Waals surface area contributed by atoms with E-state index in [0.29, 0.717) is 0 Å². The van der Waals surface area contributed by atoms with Gasteiger partial charge in [0, 0.05) is 0 Å². The summed E-state index contributed by atoms with van der Waals surface area (Å²) < 4.78 is 33.2. The van der Waals surface area contributed by atoms with Crippen LogP contribution in [0.1, 0.15) is 83.1 Å².